The molecule has 1 aromatic carbocycles. The van der Waals surface area contributed by atoms with E-state index in [4.69, 9.17) is 10.4 Å². The Morgan fingerprint density at radius 3 is 2.53 bits per heavy atom. The number of carbonyl (C=O) groups excluding carboxylic acids is 1. The monoisotopic (exact) mass is 271 g/mol. The Morgan fingerprint density at radius 2 is 2.11 bits per heavy atom. The highest BCUT2D eigenvalue weighted by Gasteiger charge is 2.26. The summed E-state index contributed by atoms with van der Waals surface area (Å²) in [7, 11) is 0. The molecule has 0 heterocycles. The Kier molecular flexibility index (Phi) is 4.50. The Morgan fingerprint density at radius 1 is 1.47 bits per heavy atom. The van der Waals surface area contributed by atoms with Crippen molar-refractivity contribution in [1.29, 1.82) is 5.26 Å². The predicted molar refractivity (Wildman–Crippen MR) is 55.8 cm³/mol. The summed E-state index contributed by atoms with van der Waals surface area (Å²) in [6.45, 7) is -3.34. The van der Waals surface area contributed by atoms with Crippen molar-refractivity contribution in [3.05, 3.63) is 28.8 Å². The van der Waals surface area contributed by atoms with E-state index < -0.39 is 35.6 Å². The molecule has 1 rings (SSSR count). The molecule has 2 N–H and O–H groups in total. The molecule has 19 heavy (non-hydrogen) atoms. The lowest BCUT2D eigenvalue weighted by Crippen LogP contribution is -2.15. The lowest BCUT2D eigenvalue weighted by molar-refractivity contribution is -0.147. The summed E-state index contributed by atoms with van der Waals surface area (Å²) in [5.41, 5.74) is -1.35. The van der Waals surface area contributed by atoms with E-state index in [0.717, 1.165) is 12.1 Å². The lowest BCUT2D eigenvalue weighted by Gasteiger charge is -2.15. The number of carboxylic acid groups (broad SMARTS) is 1. The number of rotatable bonds is 5. The van der Waals surface area contributed by atoms with E-state index in [1.165, 1.54) is 0 Å². The number of nitriles is 1. The number of hydrogen-bond acceptors (Lipinski definition) is 5. The Hall–Kier alpha value is -2.53. The predicted octanol–water partition coefficient (Wildman–Crippen LogP) is 1.09. The summed E-state index contributed by atoms with van der Waals surface area (Å²) in [6, 6.07) is 3.53. The SMILES string of the molecule is N#Cc1ccc(C(O)C(=O)O)c(OC(F)F)c1C=O. The third-order valence-corrected chi connectivity index (χ3v) is 2.20. The zero-order valence-corrected chi connectivity index (χ0v) is 9.21. The van der Waals surface area contributed by atoms with Crippen LogP contribution in [-0.2, 0) is 4.79 Å². The molecular weight excluding hydrogens is 264 g/mol. The van der Waals surface area contributed by atoms with Crippen LogP contribution in [0.25, 0.3) is 0 Å². The molecule has 0 radical (unpaired) electrons. The summed E-state index contributed by atoms with van der Waals surface area (Å²) in [6.07, 6.45) is -2.07. The molecule has 0 amide bonds. The molecule has 1 atom stereocenters. The number of aliphatic hydroxyl groups is 1. The van der Waals surface area contributed by atoms with Gasteiger partial charge in [-0.25, -0.2) is 4.79 Å². The molecule has 0 bridgehead atoms. The molecule has 100 valence electrons. The molecule has 6 nitrogen and oxygen atoms in total. The van der Waals surface area contributed by atoms with Gasteiger partial charge in [-0.2, -0.15) is 14.0 Å². The number of benzene rings is 1. The minimum Gasteiger partial charge on any atom is -0.479 e. The minimum atomic E-state index is -3.34. The fourth-order valence-corrected chi connectivity index (χ4v) is 1.40. The van der Waals surface area contributed by atoms with Gasteiger partial charge in [-0.3, -0.25) is 4.79 Å². The second-order valence-electron chi connectivity index (χ2n) is 3.29. The molecule has 0 aliphatic rings. The smallest absolute Gasteiger partial charge is 0.387 e. The summed E-state index contributed by atoms with van der Waals surface area (Å²) >= 11 is 0. The second kappa shape index (κ2) is 5.88. The number of aldehydes is 1. The first-order valence-electron chi connectivity index (χ1n) is 4.80. The van der Waals surface area contributed by atoms with Gasteiger partial charge in [0.25, 0.3) is 0 Å². The van der Waals surface area contributed by atoms with Crippen LogP contribution < -0.4 is 4.74 Å². The van der Waals surface area contributed by atoms with Crippen LogP contribution in [0.5, 0.6) is 5.75 Å². The first kappa shape index (κ1) is 14.5. The average Bonchev–Trinajstić information content (AvgIpc) is 2.36. The van der Waals surface area contributed by atoms with Crippen molar-refractivity contribution in [2.75, 3.05) is 0 Å². The van der Waals surface area contributed by atoms with Crippen LogP contribution in [0.2, 0.25) is 0 Å². The second-order valence-corrected chi connectivity index (χ2v) is 3.29. The molecule has 0 fully saturated rings. The first-order chi connectivity index (χ1) is 8.92. The number of carboxylic acids is 1. The van der Waals surface area contributed by atoms with Crippen molar-refractivity contribution in [2.45, 2.75) is 12.7 Å². The number of aliphatic carboxylic acids is 1. The summed E-state index contributed by atoms with van der Waals surface area (Å²) < 4.78 is 28.6. The van der Waals surface area contributed by atoms with Crippen molar-refractivity contribution in [3.8, 4) is 11.8 Å². The average molecular weight is 271 g/mol. The highest BCUT2D eigenvalue weighted by Crippen LogP contribution is 2.32. The van der Waals surface area contributed by atoms with Crippen LogP contribution >= 0.6 is 0 Å². The topological polar surface area (TPSA) is 108 Å². The van der Waals surface area contributed by atoms with Crippen LogP contribution in [0, 0.1) is 11.3 Å². The minimum absolute atomic E-state index is 0.0777. The number of nitrogens with zero attached hydrogens (tertiary/aromatic N) is 1. The third-order valence-electron chi connectivity index (χ3n) is 2.20. The van der Waals surface area contributed by atoms with Crippen molar-refractivity contribution in [2.24, 2.45) is 0 Å². The van der Waals surface area contributed by atoms with Crippen LogP contribution in [0.1, 0.15) is 27.6 Å². The molecule has 0 saturated heterocycles. The quantitative estimate of drug-likeness (QED) is 0.776. The molecule has 0 aromatic heterocycles. The van der Waals surface area contributed by atoms with Gasteiger partial charge < -0.3 is 14.9 Å². The maximum Gasteiger partial charge on any atom is 0.387 e. The van der Waals surface area contributed by atoms with Crippen molar-refractivity contribution in [3.63, 3.8) is 0 Å². The van der Waals surface area contributed by atoms with E-state index in [1.807, 2.05) is 0 Å². The number of hydrogen-bond donors (Lipinski definition) is 2. The maximum absolute atomic E-state index is 12.3. The molecule has 1 aromatic rings. The third kappa shape index (κ3) is 3.02. The number of halogens is 2. The largest absolute Gasteiger partial charge is 0.479 e. The van der Waals surface area contributed by atoms with E-state index in [-0.39, 0.29) is 11.8 Å². The molecule has 0 spiro atoms. The fourth-order valence-electron chi connectivity index (χ4n) is 1.40. The Labute approximate surface area is 105 Å². The molecule has 0 aliphatic carbocycles. The normalized spacial score (nSPS) is 11.7. The molecule has 8 heteroatoms. The van der Waals surface area contributed by atoms with Crippen LogP contribution in [0.3, 0.4) is 0 Å². The van der Waals surface area contributed by atoms with E-state index in [0.29, 0.717) is 0 Å². The number of ether oxygens (including phenoxy) is 1. The summed E-state index contributed by atoms with van der Waals surface area (Å²) in [5.74, 6) is -2.53. The summed E-state index contributed by atoms with van der Waals surface area (Å²) in [5, 5.41) is 26.7. The van der Waals surface area contributed by atoms with Gasteiger partial charge in [0.15, 0.2) is 12.4 Å². The highest BCUT2D eigenvalue weighted by atomic mass is 19.3. The highest BCUT2D eigenvalue weighted by molar-refractivity contribution is 5.86. The van der Waals surface area contributed by atoms with E-state index in [9.17, 15) is 23.5 Å². The molecule has 0 saturated carbocycles. The Bertz CT molecular complexity index is 553. The molecular formula is C11H7F2NO5. The number of alkyl halides is 2. The van der Waals surface area contributed by atoms with Crippen LogP contribution in [0.4, 0.5) is 8.78 Å². The van der Waals surface area contributed by atoms with E-state index in [2.05, 4.69) is 4.74 Å². The lowest BCUT2D eigenvalue weighted by atomic mass is 10.00. The number of carbonyl (C=O) groups is 2. The van der Waals surface area contributed by atoms with Gasteiger partial charge in [-0.15, -0.1) is 0 Å². The van der Waals surface area contributed by atoms with Gasteiger partial charge >= 0.3 is 12.6 Å². The van der Waals surface area contributed by atoms with Gasteiger partial charge in [0.2, 0.25) is 0 Å². The van der Waals surface area contributed by atoms with E-state index in [1.54, 1.807) is 6.07 Å². The zero-order valence-electron chi connectivity index (χ0n) is 9.21. The van der Waals surface area contributed by atoms with Crippen molar-refractivity contribution in [1.82, 2.24) is 0 Å². The van der Waals surface area contributed by atoms with Gasteiger partial charge in [0.05, 0.1) is 11.1 Å². The molecule has 0 aliphatic heterocycles. The standard InChI is InChI=1S/C11H7F2NO5/c12-11(13)19-9-6(8(16)10(17)18)2-1-5(3-14)7(9)4-15/h1-2,4,8,11,16H,(H,17,18). The van der Waals surface area contributed by atoms with Gasteiger partial charge in [0.1, 0.15) is 11.8 Å². The Balaban J connectivity index is 3.51. The van der Waals surface area contributed by atoms with Crippen molar-refractivity contribution < 1.29 is 33.3 Å². The zero-order chi connectivity index (χ0) is 14.6. The van der Waals surface area contributed by atoms with E-state index >= 15 is 0 Å². The number of aliphatic hydroxyl groups excluding tert-OH is 1. The first-order valence-corrected chi connectivity index (χ1v) is 4.80. The van der Waals surface area contributed by atoms with Crippen LogP contribution in [-0.4, -0.2) is 29.1 Å². The van der Waals surface area contributed by atoms with Crippen molar-refractivity contribution >= 4 is 12.3 Å². The van der Waals surface area contributed by atoms with Crippen LogP contribution in [0.15, 0.2) is 12.1 Å². The molecule has 1 unspecified atom stereocenters. The fraction of sp³-hybridized carbons (Fsp3) is 0.182. The maximum atomic E-state index is 12.3. The van der Waals surface area contributed by atoms with Gasteiger partial charge in [-0.05, 0) is 6.07 Å². The van der Waals surface area contributed by atoms with Gasteiger partial charge in [0, 0.05) is 5.56 Å². The van der Waals surface area contributed by atoms with Gasteiger partial charge in [-0.1, -0.05) is 6.07 Å². The summed E-state index contributed by atoms with van der Waals surface area (Å²) in [4.78, 5) is 21.5.